The van der Waals surface area contributed by atoms with Crippen molar-refractivity contribution in [2.24, 2.45) is 11.3 Å². The van der Waals surface area contributed by atoms with E-state index in [1.54, 1.807) is 0 Å². The van der Waals surface area contributed by atoms with Crippen LogP contribution in [0.1, 0.15) is 76.0 Å². The number of aliphatic carboxylic acids is 1. The van der Waals surface area contributed by atoms with Gasteiger partial charge >= 0.3 is 5.97 Å². The van der Waals surface area contributed by atoms with Crippen LogP contribution in [-0.4, -0.2) is 11.1 Å². The molecular weight excluding hydrogens is 352 g/mol. The number of hydrogen-bond donors (Lipinski definition) is 1. The third kappa shape index (κ3) is 2.47. The predicted octanol–water partition coefficient (Wildman–Crippen LogP) is 5.67. The van der Waals surface area contributed by atoms with E-state index in [1.807, 2.05) is 6.92 Å². The molecule has 2 aliphatic carbocycles. The summed E-state index contributed by atoms with van der Waals surface area (Å²) in [6.07, 6.45) is 4.90. The van der Waals surface area contributed by atoms with Gasteiger partial charge in [-0.3, -0.25) is 4.79 Å². The maximum Gasteiger partial charge on any atom is 0.309 e. The molecule has 1 aromatic carbocycles. The van der Waals surface area contributed by atoms with Gasteiger partial charge in [0, 0.05) is 4.47 Å². The molecule has 2 nitrogen and oxygen atoms in total. The van der Waals surface area contributed by atoms with E-state index in [1.165, 1.54) is 21.2 Å². The lowest BCUT2D eigenvalue weighted by molar-refractivity contribution is -0.157. The van der Waals surface area contributed by atoms with Gasteiger partial charge in [0.15, 0.2) is 0 Å². The summed E-state index contributed by atoms with van der Waals surface area (Å²) in [5, 5.41) is 9.86. The smallest absolute Gasteiger partial charge is 0.309 e. The number of carbonyl (C=O) groups is 1. The molecule has 0 bridgehead atoms. The molecule has 3 heteroatoms. The summed E-state index contributed by atoms with van der Waals surface area (Å²) < 4.78 is 1.18. The molecule has 0 amide bonds. The quantitative estimate of drug-likeness (QED) is 0.719. The van der Waals surface area contributed by atoms with Crippen LogP contribution in [0.15, 0.2) is 16.6 Å². The highest BCUT2D eigenvalue weighted by atomic mass is 79.9. The van der Waals surface area contributed by atoms with Gasteiger partial charge in [-0.15, -0.1) is 0 Å². The van der Waals surface area contributed by atoms with Crippen molar-refractivity contribution >= 4 is 21.9 Å². The Labute approximate surface area is 147 Å². The van der Waals surface area contributed by atoms with Crippen LogP contribution in [0, 0.1) is 11.3 Å². The second-order valence-corrected chi connectivity index (χ2v) is 9.12. The van der Waals surface area contributed by atoms with E-state index in [9.17, 15) is 9.90 Å². The summed E-state index contributed by atoms with van der Waals surface area (Å²) in [5.74, 6) is 0.108. The molecule has 23 heavy (non-hydrogen) atoms. The molecule has 0 radical (unpaired) electrons. The van der Waals surface area contributed by atoms with Crippen LogP contribution in [0.2, 0.25) is 0 Å². The number of rotatable bonds is 2. The number of carboxylic acids is 1. The summed E-state index contributed by atoms with van der Waals surface area (Å²) in [5.41, 5.74) is 3.58. The van der Waals surface area contributed by atoms with E-state index in [2.05, 4.69) is 48.8 Å². The Morgan fingerprint density at radius 1 is 1.30 bits per heavy atom. The third-order valence-corrected chi connectivity index (χ3v) is 7.27. The highest BCUT2D eigenvalue weighted by Crippen LogP contribution is 2.57. The monoisotopic (exact) mass is 378 g/mol. The molecule has 3 rings (SSSR count). The molecule has 0 aliphatic heterocycles. The number of carboxylic acid groups (broad SMARTS) is 1. The summed E-state index contributed by atoms with van der Waals surface area (Å²) >= 11 is 3.76. The van der Waals surface area contributed by atoms with Gasteiger partial charge in [-0.25, -0.2) is 0 Å². The first-order valence-electron chi connectivity index (χ1n) is 8.76. The number of fused-ring (bicyclic) bond motifs is 3. The first-order chi connectivity index (χ1) is 10.7. The maximum absolute atomic E-state index is 12.0. The minimum atomic E-state index is -0.616. The van der Waals surface area contributed by atoms with Crippen LogP contribution in [0.3, 0.4) is 0 Å². The second kappa shape index (κ2) is 5.61. The second-order valence-electron chi connectivity index (χ2n) is 8.27. The molecule has 126 valence electrons. The van der Waals surface area contributed by atoms with Crippen molar-refractivity contribution in [2.45, 2.75) is 71.1 Å². The Kier molecular flexibility index (Phi) is 4.15. The molecule has 1 saturated carbocycles. The Balaban J connectivity index is 2.13. The molecule has 0 aromatic heterocycles. The topological polar surface area (TPSA) is 37.3 Å². The average Bonchev–Trinajstić information content (AvgIpc) is 2.46. The molecule has 1 aromatic rings. The van der Waals surface area contributed by atoms with Crippen molar-refractivity contribution in [3.05, 3.63) is 33.3 Å². The lowest BCUT2D eigenvalue weighted by Gasteiger charge is -2.53. The molecule has 3 atom stereocenters. The van der Waals surface area contributed by atoms with E-state index in [0.29, 0.717) is 5.92 Å². The first-order valence-corrected chi connectivity index (χ1v) is 9.55. The van der Waals surface area contributed by atoms with E-state index < -0.39 is 11.4 Å². The molecular formula is C20H27BrO2. The summed E-state index contributed by atoms with van der Waals surface area (Å²) in [6.45, 7) is 8.72. The third-order valence-electron chi connectivity index (χ3n) is 6.58. The molecule has 0 saturated heterocycles. The molecule has 1 fully saturated rings. The number of aryl methyl sites for hydroxylation is 1. The van der Waals surface area contributed by atoms with Crippen LogP contribution < -0.4 is 0 Å². The molecule has 0 heterocycles. The van der Waals surface area contributed by atoms with Crippen molar-refractivity contribution < 1.29 is 9.90 Å². The molecule has 1 N–H and O–H groups in total. The molecule has 2 aliphatic rings. The number of halogens is 1. The zero-order chi connectivity index (χ0) is 17.0. The van der Waals surface area contributed by atoms with Gasteiger partial charge in [0.2, 0.25) is 0 Å². The van der Waals surface area contributed by atoms with Gasteiger partial charge in [-0.1, -0.05) is 49.2 Å². The van der Waals surface area contributed by atoms with Crippen molar-refractivity contribution in [2.75, 3.05) is 0 Å². The van der Waals surface area contributed by atoms with Gasteiger partial charge in [-0.2, -0.15) is 0 Å². The fourth-order valence-corrected chi connectivity index (χ4v) is 6.01. The van der Waals surface area contributed by atoms with Gasteiger partial charge < -0.3 is 5.11 Å². The van der Waals surface area contributed by atoms with Gasteiger partial charge in [0.25, 0.3) is 0 Å². The summed E-state index contributed by atoms with van der Waals surface area (Å²) in [6, 6.07) is 4.66. The fraction of sp³-hybridized carbons (Fsp3) is 0.650. The highest BCUT2D eigenvalue weighted by Gasteiger charge is 2.55. The normalized spacial score (nSPS) is 33.2. The SMILES string of the molecule is CC(C)c1cc2c(cc1Br)C1(C)CCCC(C)(C(=O)O)C1CC2. The zero-order valence-corrected chi connectivity index (χ0v) is 16.2. The summed E-state index contributed by atoms with van der Waals surface area (Å²) in [4.78, 5) is 12.0. The van der Waals surface area contributed by atoms with Crippen LogP contribution in [-0.2, 0) is 16.6 Å². The van der Waals surface area contributed by atoms with E-state index in [4.69, 9.17) is 0 Å². The van der Waals surface area contributed by atoms with Crippen LogP contribution in [0.4, 0.5) is 0 Å². The van der Waals surface area contributed by atoms with Crippen LogP contribution in [0.25, 0.3) is 0 Å². The maximum atomic E-state index is 12.0. The summed E-state index contributed by atoms with van der Waals surface area (Å²) in [7, 11) is 0. The van der Waals surface area contributed by atoms with Gasteiger partial charge in [-0.05, 0) is 72.6 Å². The Hall–Kier alpha value is -0.830. The lowest BCUT2D eigenvalue weighted by Crippen LogP contribution is -2.52. The van der Waals surface area contributed by atoms with E-state index in [-0.39, 0.29) is 11.3 Å². The fourth-order valence-electron chi connectivity index (χ4n) is 5.21. The highest BCUT2D eigenvalue weighted by molar-refractivity contribution is 9.10. The van der Waals surface area contributed by atoms with Crippen LogP contribution in [0.5, 0.6) is 0 Å². The van der Waals surface area contributed by atoms with Crippen molar-refractivity contribution in [3.63, 3.8) is 0 Å². The number of benzene rings is 1. The minimum absolute atomic E-state index is 0.0169. The van der Waals surface area contributed by atoms with E-state index in [0.717, 1.165) is 32.1 Å². The number of hydrogen-bond acceptors (Lipinski definition) is 1. The van der Waals surface area contributed by atoms with Crippen molar-refractivity contribution in [1.29, 1.82) is 0 Å². The Morgan fingerprint density at radius 2 is 2.00 bits per heavy atom. The van der Waals surface area contributed by atoms with Gasteiger partial charge in [0.05, 0.1) is 5.41 Å². The van der Waals surface area contributed by atoms with Crippen molar-refractivity contribution in [1.82, 2.24) is 0 Å². The van der Waals surface area contributed by atoms with Gasteiger partial charge in [0.1, 0.15) is 0 Å². The molecule has 3 unspecified atom stereocenters. The van der Waals surface area contributed by atoms with E-state index >= 15 is 0 Å². The molecule has 0 spiro atoms. The lowest BCUT2D eigenvalue weighted by atomic mass is 9.50. The standard InChI is InChI=1S/C20H27BrO2/c1-12(2)14-10-13-6-7-17-19(3,15(13)11-16(14)21)8-5-9-20(17,4)18(22)23/h10-12,17H,5-9H2,1-4H3,(H,22,23). The predicted molar refractivity (Wildman–Crippen MR) is 97.0 cm³/mol. The minimum Gasteiger partial charge on any atom is -0.481 e. The van der Waals surface area contributed by atoms with Crippen molar-refractivity contribution in [3.8, 4) is 0 Å². The largest absolute Gasteiger partial charge is 0.481 e. The Morgan fingerprint density at radius 3 is 2.61 bits per heavy atom. The zero-order valence-electron chi connectivity index (χ0n) is 14.6. The van der Waals surface area contributed by atoms with Crippen LogP contribution >= 0.6 is 15.9 Å². The average molecular weight is 379 g/mol. The first kappa shape index (κ1) is 17.0. The Bertz CT molecular complexity index is 651.